The van der Waals surface area contributed by atoms with Gasteiger partial charge in [0.15, 0.2) is 0 Å². The smallest absolute Gasteiger partial charge is 0.419 e. The molecule has 0 fully saturated rings. The number of aromatic nitrogens is 1. The maximum absolute atomic E-state index is 13.2. The lowest BCUT2D eigenvalue weighted by atomic mass is 9.89. The number of para-hydroxylation sites is 1. The van der Waals surface area contributed by atoms with Crippen molar-refractivity contribution >= 4 is 28.6 Å². The molecule has 1 unspecified atom stereocenters. The highest BCUT2D eigenvalue weighted by Gasteiger charge is 2.20. The topological polar surface area (TPSA) is 104 Å². The largest absolute Gasteiger partial charge is 0.497 e. The monoisotopic (exact) mass is 501 g/mol. The molecule has 192 valence electrons. The first-order valence-electron chi connectivity index (χ1n) is 12.3. The molecule has 2 amide bonds. The standard InChI is InChI=1S/C29H31N3O5/c1-36-25-12-14-26(15-13-25)37-29(34)32(24-7-3-2-4-8-24)19-5-6-21(11-16-28(33)31-35)23-10-9-22-17-18-30-27(22)20-23/h2-4,7-10,12-15,17-18,20-21,30,35H,5-6,11,16,19H2,1H3,(H,31,33). The summed E-state index contributed by atoms with van der Waals surface area (Å²) in [6.07, 6.45) is 3.62. The molecule has 1 atom stereocenters. The number of hydrogen-bond acceptors (Lipinski definition) is 5. The Labute approximate surface area is 215 Å². The molecule has 0 radical (unpaired) electrons. The van der Waals surface area contributed by atoms with Crippen molar-refractivity contribution in [3.63, 3.8) is 0 Å². The van der Waals surface area contributed by atoms with Gasteiger partial charge in [-0.1, -0.05) is 30.3 Å². The van der Waals surface area contributed by atoms with E-state index in [1.54, 1.807) is 41.8 Å². The number of anilines is 1. The fraction of sp³-hybridized carbons (Fsp3) is 0.241. The van der Waals surface area contributed by atoms with Gasteiger partial charge in [-0.15, -0.1) is 0 Å². The van der Waals surface area contributed by atoms with Gasteiger partial charge in [-0.25, -0.2) is 10.3 Å². The third kappa shape index (κ3) is 6.89. The summed E-state index contributed by atoms with van der Waals surface area (Å²) < 4.78 is 10.8. The van der Waals surface area contributed by atoms with Gasteiger partial charge in [-0.05, 0) is 84.7 Å². The molecule has 3 aromatic carbocycles. The number of fused-ring (bicyclic) bond motifs is 1. The van der Waals surface area contributed by atoms with E-state index in [4.69, 9.17) is 14.7 Å². The van der Waals surface area contributed by atoms with Gasteiger partial charge in [0.2, 0.25) is 5.91 Å². The van der Waals surface area contributed by atoms with E-state index in [1.807, 2.05) is 42.6 Å². The maximum atomic E-state index is 13.2. The van der Waals surface area contributed by atoms with Crippen LogP contribution in [0.25, 0.3) is 10.9 Å². The SMILES string of the molecule is COc1ccc(OC(=O)N(CCCC(CCC(=O)NO)c2ccc3cc[nH]c3c2)c2ccccc2)cc1. The summed E-state index contributed by atoms with van der Waals surface area (Å²) in [5.41, 5.74) is 4.59. The molecule has 0 spiro atoms. The lowest BCUT2D eigenvalue weighted by Gasteiger charge is -2.24. The van der Waals surface area contributed by atoms with Crippen LogP contribution in [0, 0.1) is 0 Å². The van der Waals surface area contributed by atoms with Crippen LogP contribution in [-0.2, 0) is 4.79 Å². The minimum absolute atomic E-state index is 0.0697. The summed E-state index contributed by atoms with van der Waals surface area (Å²) in [6, 6.07) is 24.5. The van der Waals surface area contributed by atoms with E-state index < -0.39 is 12.0 Å². The van der Waals surface area contributed by atoms with Crippen LogP contribution in [0.2, 0.25) is 0 Å². The number of hydroxylamine groups is 1. The maximum Gasteiger partial charge on any atom is 0.419 e. The Morgan fingerprint density at radius 2 is 1.73 bits per heavy atom. The normalized spacial score (nSPS) is 11.6. The van der Waals surface area contributed by atoms with Crippen molar-refractivity contribution in [3.8, 4) is 11.5 Å². The minimum Gasteiger partial charge on any atom is -0.497 e. The second-order valence-corrected chi connectivity index (χ2v) is 8.77. The molecule has 0 aliphatic carbocycles. The molecule has 0 aliphatic heterocycles. The Kier molecular flexibility index (Phi) is 8.78. The van der Waals surface area contributed by atoms with Crippen LogP contribution >= 0.6 is 0 Å². The average Bonchev–Trinajstić information content (AvgIpc) is 3.41. The lowest BCUT2D eigenvalue weighted by Crippen LogP contribution is -2.34. The van der Waals surface area contributed by atoms with Crippen LogP contribution in [0.5, 0.6) is 11.5 Å². The molecular weight excluding hydrogens is 470 g/mol. The first-order chi connectivity index (χ1) is 18.1. The van der Waals surface area contributed by atoms with Crippen LogP contribution < -0.4 is 19.9 Å². The first-order valence-corrected chi connectivity index (χ1v) is 12.3. The van der Waals surface area contributed by atoms with Gasteiger partial charge in [0.1, 0.15) is 11.5 Å². The van der Waals surface area contributed by atoms with E-state index in [2.05, 4.69) is 23.2 Å². The molecule has 4 rings (SSSR count). The predicted molar refractivity (Wildman–Crippen MR) is 142 cm³/mol. The highest BCUT2D eigenvalue weighted by atomic mass is 16.6. The quantitative estimate of drug-likeness (QED) is 0.172. The molecule has 3 N–H and O–H groups in total. The molecule has 0 saturated heterocycles. The molecule has 4 aromatic rings. The number of H-pyrrole nitrogens is 1. The van der Waals surface area contributed by atoms with Crippen LogP contribution in [0.15, 0.2) is 85.1 Å². The van der Waals surface area contributed by atoms with Crippen LogP contribution in [0.1, 0.15) is 37.2 Å². The zero-order valence-corrected chi connectivity index (χ0v) is 20.7. The molecule has 0 aliphatic rings. The number of benzene rings is 3. The Morgan fingerprint density at radius 1 is 0.973 bits per heavy atom. The number of hydrogen-bond donors (Lipinski definition) is 3. The van der Waals surface area contributed by atoms with Crippen molar-refractivity contribution in [2.24, 2.45) is 0 Å². The molecular formula is C29H31N3O5. The number of amides is 2. The third-order valence-electron chi connectivity index (χ3n) is 6.38. The van der Waals surface area contributed by atoms with Crippen LogP contribution in [-0.4, -0.2) is 35.8 Å². The van der Waals surface area contributed by atoms with E-state index in [0.717, 1.165) is 28.6 Å². The van der Waals surface area contributed by atoms with Gasteiger partial charge in [0.05, 0.1) is 7.11 Å². The summed E-state index contributed by atoms with van der Waals surface area (Å²) in [7, 11) is 1.58. The average molecular weight is 502 g/mol. The summed E-state index contributed by atoms with van der Waals surface area (Å²) >= 11 is 0. The van der Waals surface area contributed by atoms with Crippen molar-refractivity contribution in [1.82, 2.24) is 10.5 Å². The second-order valence-electron chi connectivity index (χ2n) is 8.77. The number of ether oxygens (including phenoxy) is 2. The van der Waals surface area contributed by atoms with Gasteiger partial charge in [0, 0.05) is 30.4 Å². The third-order valence-corrected chi connectivity index (χ3v) is 6.38. The van der Waals surface area contributed by atoms with E-state index in [1.165, 1.54) is 0 Å². The van der Waals surface area contributed by atoms with E-state index in [-0.39, 0.29) is 12.3 Å². The molecule has 8 heteroatoms. The van der Waals surface area contributed by atoms with Crippen molar-refractivity contribution in [2.45, 2.75) is 31.6 Å². The van der Waals surface area contributed by atoms with Crippen molar-refractivity contribution in [3.05, 3.63) is 90.6 Å². The second kappa shape index (κ2) is 12.6. The zero-order chi connectivity index (χ0) is 26.0. The van der Waals surface area contributed by atoms with Crippen molar-refractivity contribution in [2.75, 3.05) is 18.6 Å². The van der Waals surface area contributed by atoms with E-state index >= 15 is 0 Å². The number of rotatable bonds is 11. The summed E-state index contributed by atoms with van der Waals surface area (Å²) in [4.78, 5) is 29.8. The Hall–Kier alpha value is -4.30. The fourth-order valence-electron chi connectivity index (χ4n) is 4.39. The van der Waals surface area contributed by atoms with Gasteiger partial charge in [-0.2, -0.15) is 0 Å². The summed E-state index contributed by atoms with van der Waals surface area (Å²) in [5, 5.41) is 10.1. The minimum atomic E-state index is -0.472. The molecule has 1 aromatic heterocycles. The Balaban J connectivity index is 1.47. The number of methoxy groups -OCH3 is 1. The Morgan fingerprint density at radius 3 is 2.46 bits per heavy atom. The van der Waals surface area contributed by atoms with E-state index in [0.29, 0.717) is 30.9 Å². The van der Waals surface area contributed by atoms with Gasteiger partial charge >= 0.3 is 6.09 Å². The number of nitrogens with zero attached hydrogens (tertiary/aromatic N) is 1. The molecule has 37 heavy (non-hydrogen) atoms. The van der Waals surface area contributed by atoms with Gasteiger partial charge in [0.25, 0.3) is 0 Å². The van der Waals surface area contributed by atoms with Crippen molar-refractivity contribution < 1.29 is 24.3 Å². The van der Waals surface area contributed by atoms with Crippen LogP contribution in [0.4, 0.5) is 10.5 Å². The lowest BCUT2D eigenvalue weighted by molar-refractivity contribution is -0.129. The number of nitrogens with one attached hydrogen (secondary N) is 2. The summed E-state index contributed by atoms with van der Waals surface area (Å²) in [5.74, 6) is 0.761. The highest BCUT2D eigenvalue weighted by Crippen LogP contribution is 2.30. The number of aromatic amines is 1. The number of carbonyl (C=O) groups is 2. The highest BCUT2D eigenvalue weighted by molar-refractivity contribution is 5.89. The molecule has 8 nitrogen and oxygen atoms in total. The molecule has 1 heterocycles. The number of carbonyl (C=O) groups excluding carboxylic acids is 2. The molecule has 0 saturated carbocycles. The first kappa shape index (κ1) is 25.8. The zero-order valence-electron chi connectivity index (χ0n) is 20.7. The van der Waals surface area contributed by atoms with Gasteiger partial charge < -0.3 is 14.5 Å². The van der Waals surface area contributed by atoms with Crippen molar-refractivity contribution in [1.29, 1.82) is 0 Å². The summed E-state index contributed by atoms with van der Waals surface area (Å²) in [6.45, 7) is 0.437. The van der Waals surface area contributed by atoms with Crippen LogP contribution in [0.3, 0.4) is 0 Å². The van der Waals surface area contributed by atoms with E-state index in [9.17, 15) is 9.59 Å². The molecule has 0 bridgehead atoms. The fourth-order valence-corrected chi connectivity index (χ4v) is 4.39. The Bertz CT molecular complexity index is 1300. The van der Waals surface area contributed by atoms with Gasteiger partial charge in [-0.3, -0.25) is 14.9 Å². The predicted octanol–water partition coefficient (Wildman–Crippen LogP) is 6.03.